The van der Waals surface area contributed by atoms with Gasteiger partial charge < -0.3 is 15.1 Å². The van der Waals surface area contributed by atoms with Gasteiger partial charge in [-0.2, -0.15) is 0 Å². The molecule has 1 N–H and O–H groups in total. The summed E-state index contributed by atoms with van der Waals surface area (Å²) in [6, 6.07) is 6.32. The number of halogens is 1. The SMILES string of the molecule is CCN1CCN(C(=O)N/C=C/c2ccccc2F)CC1. The van der Waals surface area contributed by atoms with Gasteiger partial charge in [0.05, 0.1) is 0 Å². The Labute approximate surface area is 118 Å². The molecular weight excluding hydrogens is 257 g/mol. The molecule has 0 unspecified atom stereocenters. The van der Waals surface area contributed by atoms with Gasteiger partial charge in [0.25, 0.3) is 0 Å². The van der Waals surface area contributed by atoms with Crippen LogP contribution in [0, 0.1) is 5.82 Å². The number of carbonyl (C=O) groups is 1. The monoisotopic (exact) mass is 277 g/mol. The maximum atomic E-state index is 13.4. The molecule has 1 heterocycles. The summed E-state index contributed by atoms with van der Waals surface area (Å²) in [5, 5.41) is 2.68. The number of benzene rings is 1. The largest absolute Gasteiger partial charge is 0.322 e. The molecule has 1 fully saturated rings. The van der Waals surface area contributed by atoms with E-state index in [1.165, 1.54) is 12.3 Å². The summed E-state index contributed by atoms with van der Waals surface area (Å²) in [5.74, 6) is -0.297. The van der Waals surface area contributed by atoms with Gasteiger partial charge in [-0.15, -0.1) is 0 Å². The number of rotatable bonds is 3. The van der Waals surface area contributed by atoms with Crippen LogP contribution < -0.4 is 5.32 Å². The van der Waals surface area contributed by atoms with Crippen LogP contribution in [-0.2, 0) is 0 Å². The summed E-state index contributed by atoms with van der Waals surface area (Å²) in [5.41, 5.74) is 0.462. The highest BCUT2D eigenvalue weighted by Gasteiger charge is 2.18. The van der Waals surface area contributed by atoms with Crippen molar-refractivity contribution in [1.29, 1.82) is 0 Å². The minimum Gasteiger partial charge on any atom is -0.322 e. The summed E-state index contributed by atoms with van der Waals surface area (Å²) >= 11 is 0. The molecule has 5 heteroatoms. The number of amides is 2. The first-order valence-electron chi connectivity index (χ1n) is 6.89. The smallest absolute Gasteiger partial charge is 0.321 e. The van der Waals surface area contributed by atoms with E-state index in [9.17, 15) is 9.18 Å². The van der Waals surface area contributed by atoms with E-state index in [-0.39, 0.29) is 11.8 Å². The van der Waals surface area contributed by atoms with E-state index in [0.717, 1.165) is 32.7 Å². The molecule has 1 aliphatic heterocycles. The molecule has 0 saturated carbocycles. The van der Waals surface area contributed by atoms with Crippen LogP contribution in [0.4, 0.5) is 9.18 Å². The molecule has 0 spiro atoms. The van der Waals surface area contributed by atoms with Crippen molar-refractivity contribution < 1.29 is 9.18 Å². The number of hydrogen-bond donors (Lipinski definition) is 1. The molecule has 1 aromatic carbocycles. The third kappa shape index (κ3) is 3.81. The fourth-order valence-corrected chi connectivity index (χ4v) is 2.17. The quantitative estimate of drug-likeness (QED) is 0.919. The van der Waals surface area contributed by atoms with Gasteiger partial charge in [-0.1, -0.05) is 25.1 Å². The highest BCUT2D eigenvalue weighted by Crippen LogP contribution is 2.07. The minimum atomic E-state index is -0.297. The first-order chi connectivity index (χ1) is 9.70. The molecule has 20 heavy (non-hydrogen) atoms. The van der Waals surface area contributed by atoms with Gasteiger partial charge >= 0.3 is 6.03 Å². The molecule has 0 radical (unpaired) electrons. The molecular formula is C15H20FN3O. The molecule has 0 aromatic heterocycles. The second-order valence-corrected chi connectivity index (χ2v) is 4.73. The Morgan fingerprint density at radius 2 is 2.00 bits per heavy atom. The molecule has 0 bridgehead atoms. The lowest BCUT2D eigenvalue weighted by atomic mass is 10.2. The van der Waals surface area contributed by atoms with Crippen molar-refractivity contribution in [1.82, 2.24) is 15.1 Å². The number of urea groups is 1. The van der Waals surface area contributed by atoms with Gasteiger partial charge in [0, 0.05) is 37.9 Å². The molecule has 1 aromatic rings. The number of carbonyl (C=O) groups excluding carboxylic acids is 1. The fraction of sp³-hybridized carbons (Fsp3) is 0.400. The Morgan fingerprint density at radius 1 is 1.30 bits per heavy atom. The average Bonchev–Trinajstić information content (AvgIpc) is 2.49. The van der Waals surface area contributed by atoms with E-state index < -0.39 is 0 Å². The maximum absolute atomic E-state index is 13.4. The van der Waals surface area contributed by atoms with Crippen LogP contribution in [-0.4, -0.2) is 48.6 Å². The van der Waals surface area contributed by atoms with Crippen LogP contribution in [0.25, 0.3) is 6.08 Å². The van der Waals surface area contributed by atoms with Gasteiger partial charge in [0.15, 0.2) is 0 Å². The number of hydrogen-bond acceptors (Lipinski definition) is 2. The molecule has 108 valence electrons. The Hall–Kier alpha value is -1.88. The Morgan fingerprint density at radius 3 is 2.65 bits per heavy atom. The van der Waals surface area contributed by atoms with Crippen LogP contribution in [0.2, 0.25) is 0 Å². The number of likely N-dealkylation sites (N-methyl/N-ethyl adjacent to an activating group) is 1. The van der Waals surface area contributed by atoms with Gasteiger partial charge in [0.1, 0.15) is 5.82 Å². The zero-order chi connectivity index (χ0) is 14.4. The van der Waals surface area contributed by atoms with Gasteiger partial charge in [-0.25, -0.2) is 9.18 Å². The molecule has 2 rings (SSSR count). The Bertz CT molecular complexity index is 482. The van der Waals surface area contributed by atoms with Crippen LogP contribution in [0.15, 0.2) is 30.5 Å². The van der Waals surface area contributed by atoms with Crippen LogP contribution in [0.5, 0.6) is 0 Å². The summed E-state index contributed by atoms with van der Waals surface area (Å²) < 4.78 is 13.4. The lowest BCUT2D eigenvalue weighted by Gasteiger charge is -2.33. The van der Waals surface area contributed by atoms with Gasteiger partial charge in [-0.05, 0) is 18.7 Å². The van der Waals surface area contributed by atoms with Crippen molar-refractivity contribution in [3.05, 3.63) is 41.8 Å². The highest BCUT2D eigenvalue weighted by atomic mass is 19.1. The van der Waals surface area contributed by atoms with Crippen molar-refractivity contribution in [2.45, 2.75) is 6.92 Å². The predicted molar refractivity (Wildman–Crippen MR) is 77.7 cm³/mol. The van der Waals surface area contributed by atoms with Crippen molar-refractivity contribution in [2.75, 3.05) is 32.7 Å². The van der Waals surface area contributed by atoms with Gasteiger partial charge in [-0.3, -0.25) is 0 Å². The molecule has 0 atom stereocenters. The zero-order valence-corrected chi connectivity index (χ0v) is 11.7. The first kappa shape index (κ1) is 14.5. The summed E-state index contributed by atoms with van der Waals surface area (Å²) in [6.07, 6.45) is 3.06. The summed E-state index contributed by atoms with van der Waals surface area (Å²) in [7, 11) is 0. The zero-order valence-electron chi connectivity index (χ0n) is 11.7. The van der Waals surface area contributed by atoms with E-state index >= 15 is 0 Å². The normalized spacial score (nSPS) is 16.6. The summed E-state index contributed by atoms with van der Waals surface area (Å²) in [6.45, 7) is 6.40. The molecule has 1 aliphatic rings. The lowest BCUT2D eigenvalue weighted by Crippen LogP contribution is -2.50. The molecule has 4 nitrogen and oxygen atoms in total. The van der Waals surface area contributed by atoms with Crippen molar-refractivity contribution in [3.8, 4) is 0 Å². The highest BCUT2D eigenvalue weighted by molar-refractivity contribution is 5.76. The fourth-order valence-electron chi connectivity index (χ4n) is 2.17. The second kappa shape index (κ2) is 7.05. The number of nitrogens with zero attached hydrogens (tertiary/aromatic N) is 2. The van der Waals surface area contributed by atoms with E-state index in [1.54, 1.807) is 29.2 Å². The Balaban J connectivity index is 1.82. The molecule has 0 aliphatic carbocycles. The topological polar surface area (TPSA) is 35.6 Å². The average molecular weight is 277 g/mol. The van der Waals surface area contributed by atoms with Gasteiger partial charge in [0.2, 0.25) is 0 Å². The summed E-state index contributed by atoms with van der Waals surface area (Å²) in [4.78, 5) is 16.0. The Kier molecular flexibility index (Phi) is 5.12. The molecule has 1 saturated heterocycles. The maximum Gasteiger partial charge on any atom is 0.321 e. The predicted octanol–water partition coefficient (Wildman–Crippen LogP) is 2.14. The number of nitrogens with one attached hydrogen (secondary N) is 1. The number of piperazine rings is 1. The lowest BCUT2D eigenvalue weighted by molar-refractivity contribution is 0.145. The third-order valence-corrected chi connectivity index (χ3v) is 3.48. The third-order valence-electron chi connectivity index (χ3n) is 3.48. The van der Waals surface area contributed by atoms with Crippen molar-refractivity contribution >= 4 is 12.1 Å². The van der Waals surface area contributed by atoms with Crippen LogP contribution >= 0.6 is 0 Å². The molecule has 2 amide bonds. The minimum absolute atomic E-state index is 0.131. The van der Waals surface area contributed by atoms with Crippen LogP contribution in [0.1, 0.15) is 12.5 Å². The van der Waals surface area contributed by atoms with E-state index in [0.29, 0.717) is 5.56 Å². The van der Waals surface area contributed by atoms with E-state index in [1.807, 2.05) is 0 Å². The van der Waals surface area contributed by atoms with E-state index in [4.69, 9.17) is 0 Å². The van der Waals surface area contributed by atoms with Crippen LogP contribution in [0.3, 0.4) is 0 Å². The first-order valence-corrected chi connectivity index (χ1v) is 6.89. The second-order valence-electron chi connectivity index (χ2n) is 4.73. The van der Waals surface area contributed by atoms with Crippen molar-refractivity contribution in [2.24, 2.45) is 0 Å². The standard InChI is InChI=1S/C15H20FN3O/c1-2-18-9-11-19(12-10-18)15(20)17-8-7-13-5-3-4-6-14(13)16/h3-8H,2,9-12H2,1H3,(H,17,20)/b8-7+. The van der Waals surface area contributed by atoms with Crippen molar-refractivity contribution in [3.63, 3.8) is 0 Å². The van der Waals surface area contributed by atoms with E-state index in [2.05, 4.69) is 17.1 Å².